The summed E-state index contributed by atoms with van der Waals surface area (Å²) in [7, 11) is 0. The smallest absolute Gasteiger partial charge is 0.286 e. The molecule has 2 N–H and O–H groups in total. The highest BCUT2D eigenvalue weighted by Crippen LogP contribution is 2.21. The quantitative estimate of drug-likeness (QED) is 0.562. The van der Waals surface area contributed by atoms with E-state index >= 15 is 0 Å². The molecule has 1 aliphatic rings. The van der Waals surface area contributed by atoms with Crippen LogP contribution in [0.15, 0.2) is 48.5 Å². The number of piperidine rings is 1. The van der Waals surface area contributed by atoms with E-state index in [9.17, 15) is 18.8 Å². The summed E-state index contributed by atoms with van der Waals surface area (Å²) in [6, 6.07) is 13.3. The molecule has 1 aliphatic heterocycles. The molecule has 3 aromatic rings. The molecular weight excluding hydrogens is 457 g/mol. The molecule has 3 amide bonds. The molecule has 8 nitrogen and oxygen atoms in total. The molecule has 0 saturated carbocycles. The third-order valence-electron chi connectivity index (χ3n) is 5.53. The van der Waals surface area contributed by atoms with Gasteiger partial charge in [-0.1, -0.05) is 41.2 Å². The average molecular weight is 482 g/mol. The van der Waals surface area contributed by atoms with Gasteiger partial charge in [0.1, 0.15) is 5.82 Å². The predicted octanol–water partition coefficient (Wildman–Crippen LogP) is 3.41. The number of carbonyl (C=O) groups excluding carboxylic acids is 3. The van der Waals surface area contributed by atoms with Gasteiger partial charge < -0.3 is 15.5 Å². The van der Waals surface area contributed by atoms with Gasteiger partial charge in [0, 0.05) is 25.3 Å². The van der Waals surface area contributed by atoms with E-state index in [1.54, 1.807) is 4.90 Å². The number of aryl methyl sites for hydroxylation is 1. The SMILES string of the molecule is Cc1cccc(CNC(=O)[C@@H]2CCCN(C(=O)c3nnc(C(=O)Nc4ccc(F)cc4)s3)C2)c1. The van der Waals surface area contributed by atoms with Crippen LogP contribution in [0.2, 0.25) is 0 Å². The standard InChI is InChI=1S/C24H24FN5O3S/c1-15-4-2-5-16(12-15)13-26-20(31)17-6-3-11-30(14-17)24(33)23-29-28-22(34-23)21(32)27-19-9-7-18(25)8-10-19/h2,4-5,7-10,12,17H,3,6,11,13-14H2,1H3,(H,26,31)(H,27,32)/t17-/m1/s1. The molecule has 10 heteroatoms. The summed E-state index contributed by atoms with van der Waals surface area (Å²) in [6.07, 6.45) is 1.40. The molecule has 0 unspecified atom stereocenters. The first-order chi connectivity index (χ1) is 16.4. The third kappa shape index (κ3) is 5.82. The first-order valence-electron chi connectivity index (χ1n) is 10.9. The number of hydrogen-bond donors (Lipinski definition) is 2. The lowest BCUT2D eigenvalue weighted by atomic mass is 9.97. The summed E-state index contributed by atoms with van der Waals surface area (Å²) in [6.45, 7) is 3.24. The normalized spacial score (nSPS) is 15.6. The first kappa shape index (κ1) is 23.5. The number of hydrogen-bond acceptors (Lipinski definition) is 6. The highest BCUT2D eigenvalue weighted by molar-refractivity contribution is 7.15. The highest BCUT2D eigenvalue weighted by Gasteiger charge is 2.30. The van der Waals surface area contributed by atoms with Crippen molar-refractivity contribution in [2.75, 3.05) is 18.4 Å². The van der Waals surface area contributed by atoms with Gasteiger partial charge in [0.2, 0.25) is 15.9 Å². The zero-order valence-corrected chi connectivity index (χ0v) is 19.4. The van der Waals surface area contributed by atoms with Crippen molar-refractivity contribution < 1.29 is 18.8 Å². The Morgan fingerprint density at radius 2 is 1.88 bits per heavy atom. The van der Waals surface area contributed by atoms with Crippen molar-refractivity contribution in [2.24, 2.45) is 5.92 Å². The van der Waals surface area contributed by atoms with Crippen LogP contribution in [0.5, 0.6) is 0 Å². The van der Waals surface area contributed by atoms with Gasteiger partial charge in [0.05, 0.1) is 5.92 Å². The lowest BCUT2D eigenvalue weighted by Crippen LogP contribution is -2.45. The second-order valence-corrected chi connectivity index (χ2v) is 9.15. The van der Waals surface area contributed by atoms with Crippen LogP contribution in [0.1, 0.15) is 43.6 Å². The Morgan fingerprint density at radius 3 is 2.65 bits per heavy atom. The monoisotopic (exact) mass is 481 g/mol. The number of aromatic nitrogens is 2. The maximum absolute atomic E-state index is 13.0. The number of nitrogens with zero attached hydrogens (tertiary/aromatic N) is 3. The lowest BCUT2D eigenvalue weighted by Gasteiger charge is -2.31. The summed E-state index contributed by atoms with van der Waals surface area (Å²) >= 11 is 0.884. The van der Waals surface area contributed by atoms with E-state index in [1.807, 2.05) is 31.2 Å². The predicted molar refractivity (Wildman–Crippen MR) is 126 cm³/mol. The van der Waals surface area contributed by atoms with Gasteiger partial charge in [-0.3, -0.25) is 14.4 Å². The third-order valence-corrected chi connectivity index (χ3v) is 6.44. The Bertz CT molecular complexity index is 1200. The molecule has 1 aromatic heterocycles. The second-order valence-electron chi connectivity index (χ2n) is 8.17. The average Bonchev–Trinajstić information content (AvgIpc) is 3.34. The van der Waals surface area contributed by atoms with Crippen molar-refractivity contribution in [2.45, 2.75) is 26.3 Å². The summed E-state index contributed by atoms with van der Waals surface area (Å²) < 4.78 is 13.0. The van der Waals surface area contributed by atoms with Crippen LogP contribution in [0, 0.1) is 18.7 Å². The van der Waals surface area contributed by atoms with Crippen LogP contribution >= 0.6 is 11.3 Å². The van der Waals surface area contributed by atoms with Crippen LogP contribution in [-0.2, 0) is 11.3 Å². The van der Waals surface area contributed by atoms with Crippen molar-refractivity contribution in [3.63, 3.8) is 0 Å². The van der Waals surface area contributed by atoms with Gasteiger partial charge in [0.25, 0.3) is 11.8 Å². The molecule has 34 heavy (non-hydrogen) atoms. The molecule has 0 radical (unpaired) electrons. The number of nitrogens with one attached hydrogen (secondary N) is 2. The number of amides is 3. The summed E-state index contributed by atoms with van der Waals surface area (Å²) in [4.78, 5) is 39.6. The summed E-state index contributed by atoms with van der Waals surface area (Å²) in [5, 5.41) is 13.4. The Morgan fingerprint density at radius 1 is 1.12 bits per heavy atom. The van der Waals surface area contributed by atoms with Crippen molar-refractivity contribution in [3.05, 3.63) is 75.5 Å². The fourth-order valence-corrected chi connectivity index (χ4v) is 4.49. The van der Waals surface area contributed by atoms with E-state index in [2.05, 4.69) is 20.8 Å². The zero-order chi connectivity index (χ0) is 24.1. The van der Waals surface area contributed by atoms with E-state index < -0.39 is 11.7 Å². The Labute approximate surface area is 200 Å². The molecule has 0 aliphatic carbocycles. The topological polar surface area (TPSA) is 104 Å². The Kier molecular flexibility index (Phi) is 7.27. The van der Waals surface area contributed by atoms with Gasteiger partial charge in [-0.15, -0.1) is 10.2 Å². The Balaban J connectivity index is 1.33. The van der Waals surface area contributed by atoms with Gasteiger partial charge in [-0.05, 0) is 49.6 Å². The van der Waals surface area contributed by atoms with Crippen LogP contribution in [0.3, 0.4) is 0 Å². The van der Waals surface area contributed by atoms with Gasteiger partial charge in [0.15, 0.2) is 0 Å². The highest BCUT2D eigenvalue weighted by atomic mass is 32.1. The van der Waals surface area contributed by atoms with E-state index in [0.29, 0.717) is 31.6 Å². The zero-order valence-electron chi connectivity index (χ0n) is 18.6. The summed E-state index contributed by atoms with van der Waals surface area (Å²) in [5.41, 5.74) is 2.56. The molecular formula is C24H24FN5O3S. The second kappa shape index (κ2) is 10.5. The van der Waals surface area contributed by atoms with Gasteiger partial charge in [-0.2, -0.15) is 0 Å². The minimum Gasteiger partial charge on any atom is -0.352 e. The molecule has 1 fully saturated rings. The van der Waals surface area contributed by atoms with Crippen molar-refractivity contribution in [3.8, 4) is 0 Å². The number of likely N-dealkylation sites (tertiary alicyclic amines) is 1. The summed E-state index contributed by atoms with van der Waals surface area (Å²) in [5.74, 6) is -1.69. The molecule has 2 aromatic carbocycles. The first-order valence-corrected chi connectivity index (χ1v) is 11.7. The van der Waals surface area contributed by atoms with Crippen LogP contribution in [0.4, 0.5) is 10.1 Å². The number of rotatable bonds is 6. The number of anilines is 1. The molecule has 4 rings (SSSR count). The fourth-order valence-electron chi connectivity index (χ4n) is 3.79. The van der Waals surface area contributed by atoms with Crippen molar-refractivity contribution in [1.29, 1.82) is 0 Å². The van der Waals surface area contributed by atoms with E-state index in [1.165, 1.54) is 24.3 Å². The largest absolute Gasteiger partial charge is 0.352 e. The molecule has 1 atom stereocenters. The van der Waals surface area contributed by atoms with Crippen LogP contribution < -0.4 is 10.6 Å². The Hall–Kier alpha value is -3.66. The number of benzene rings is 2. The number of carbonyl (C=O) groups is 3. The number of halogens is 1. The van der Waals surface area contributed by atoms with Crippen molar-refractivity contribution in [1.82, 2.24) is 20.4 Å². The molecule has 1 saturated heterocycles. The van der Waals surface area contributed by atoms with Crippen LogP contribution in [0.25, 0.3) is 0 Å². The molecule has 176 valence electrons. The van der Waals surface area contributed by atoms with E-state index in [4.69, 9.17) is 0 Å². The molecule has 2 heterocycles. The lowest BCUT2D eigenvalue weighted by molar-refractivity contribution is -0.126. The van der Waals surface area contributed by atoms with Gasteiger partial charge >= 0.3 is 0 Å². The van der Waals surface area contributed by atoms with Gasteiger partial charge in [-0.25, -0.2) is 4.39 Å². The van der Waals surface area contributed by atoms with E-state index in [0.717, 1.165) is 22.5 Å². The van der Waals surface area contributed by atoms with Crippen LogP contribution in [-0.4, -0.2) is 45.9 Å². The fraction of sp³-hybridized carbons (Fsp3) is 0.292. The van der Waals surface area contributed by atoms with E-state index in [-0.39, 0.29) is 34.3 Å². The minimum atomic E-state index is -0.532. The molecule has 0 bridgehead atoms. The maximum Gasteiger partial charge on any atom is 0.286 e. The minimum absolute atomic E-state index is 0.0251. The maximum atomic E-state index is 13.0. The molecule has 0 spiro atoms. The van der Waals surface area contributed by atoms with Crippen molar-refractivity contribution >= 4 is 34.7 Å².